The number of nitrogens with one attached hydrogen (secondary N) is 1. The first-order valence-electron chi connectivity index (χ1n) is 10.3. The lowest BCUT2D eigenvalue weighted by atomic mass is 9.99. The Morgan fingerprint density at radius 3 is 2.27 bits per heavy atom. The van der Waals surface area contributed by atoms with E-state index in [0.29, 0.717) is 25.2 Å². The second kappa shape index (κ2) is 9.59. The van der Waals surface area contributed by atoms with Crippen molar-refractivity contribution in [1.29, 1.82) is 0 Å². The van der Waals surface area contributed by atoms with Crippen molar-refractivity contribution >= 4 is 39.2 Å². The molecule has 5 nitrogen and oxygen atoms in total. The van der Waals surface area contributed by atoms with Gasteiger partial charge in [-0.25, -0.2) is 4.79 Å². The molecule has 0 spiro atoms. The summed E-state index contributed by atoms with van der Waals surface area (Å²) in [6.45, 7) is 6.39. The molecule has 0 unspecified atom stereocenters. The minimum Gasteiger partial charge on any atom is -0.444 e. The zero-order valence-electron chi connectivity index (χ0n) is 18.4. The average molecular weight is 525 g/mol. The molecule has 1 aliphatic rings. The number of alkyl halides is 3. The van der Waals surface area contributed by atoms with E-state index in [9.17, 15) is 22.8 Å². The summed E-state index contributed by atoms with van der Waals surface area (Å²) in [5, 5.41) is 2.52. The van der Waals surface area contributed by atoms with Gasteiger partial charge in [0.2, 0.25) is 0 Å². The summed E-state index contributed by atoms with van der Waals surface area (Å²) in [5.41, 5.74) is 0.321. The lowest BCUT2D eigenvalue weighted by Crippen LogP contribution is -2.39. The standard InChI is InChI=1S/C24H24BrF3N2O3/c1-23(2,3)33-22(32)30-12-10-16(11-13-30)15-4-7-18(8-5-15)29-21(31)19-9-6-17(25)14-20(19)24(26,27)28/h4-10,14H,11-13H2,1-3H3,(H,29,31). The number of ether oxygens (including phenoxy) is 1. The highest BCUT2D eigenvalue weighted by atomic mass is 79.9. The molecular formula is C24H24BrF3N2O3. The quantitative estimate of drug-likeness (QED) is 0.483. The molecule has 0 aliphatic carbocycles. The number of carbonyl (C=O) groups excluding carboxylic acids is 2. The van der Waals surface area contributed by atoms with Crippen LogP contribution in [0.2, 0.25) is 0 Å². The second-order valence-corrected chi connectivity index (χ2v) is 9.54. The molecule has 1 N–H and O–H groups in total. The third kappa shape index (κ3) is 6.60. The van der Waals surface area contributed by atoms with Gasteiger partial charge >= 0.3 is 12.3 Å². The summed E-state index contributed by atoms with van der Waals surface area (Å²) in [6.07, 6.45) is -2.43. The summed E-state index contributed by atoms with van der Waals surface area (Å²) in [7, 11) is 0. The van der Waals surface area contributed by atoms with E-state index in [2.05, 4.69) is 21.2 Å². The van der Waals surface area contributed by atoms with Crippen LogP contribution >= 0.6 is 15.9 Å². The van der Waals surface area contributed by atoms with Crippen LogP contribution in [0.5, 0.6) is 0 Å². The highest BCUT2D eigenvalue weighted by molar-refractivity contribution is 9.10. The van der Waals surface area contributed by atoms with Gasteiger partial charge in [-0.15, -0.1) is 0 Å². The minimum absolute atomic E-state index is 0.238. The van der Waals surface area contributed by atoms with Crippen LogP contribution in [-0.4, -0.2) is 35.6 Å². The van der Waals surface area contributed by atoms with Crippen molar-refractivity contribution in [2.45, 2.75) is 39.0 Å². The molecule has 2 aromatic carbocycles. The molecule has 33 heavy (non-hydrogen) atoms. The van der Waals surface area contributed by atoms with Crippen LogP contribution in [0.4, 0.5) is 23.7 Å². The highest BCUT2D eigenvalue weighted by Gasteiger charge is 2.35. The van der Waals surface area contributed by atoms with Crippen molar-refractivity contribution in [1.82, 2.24) is 4.90 Å². The number of rotatable bonds is 3. The Balaban J connectivity index is 1.67. The first kappa shape index (κ1) is 24.8. The number of halogens is 4. The number of carbonyl (C=O) groups is 2. The number of amides is 2. The van der Waals surface area contributed by atoms with Gasteiger partial charge in [-0.3, -0.25) is 4.79 Å². The summed E-state index contributed by atoms with van der Waals surface area (Å²) in [5.74, 6) is -0.840. The molecule has 2 aromatic rings. The Hall–Kier alpha value is -2.81. The molecule has 2 amide bonds. The minimum atomic E-state index is -4.65. The summed E-state index contributed by atoms with van der Waals surface area (Å²) in [4.78, 5) is 26.3. The van der Waals surface area contributed by atoms with Gasteiger partial charge in [0.25, 0.3) is 5.91 Å². The smallest absolute Gasteiger partial charge is 0.417 e. The number of nitrogens with zero attached hydrogens (tertiary/aromatic N) is 1. The van der Waals surface area contributed by atoms with Crippen LogP contribution in [-0.2, 0) is 10.9 Å². The molecule has 1 aliphatic heterocycles. The van der Waals surface area contributed by atoms with Gasteiger partial charge in [0.1, 0.15) is 5.60 Å². The van der Waals surface area contributed by atoms with Crippen molar-refractivity contribution in [3.8, 4) is 0 Å². The maximum Gasteiger partial charge on any atom is 0.417 e. The van der Waals surface area contributed by atoms with E-state index in [0.717, 1.165) is 23.3 Å². The fourth-order valence-electron chi connectivity index (χ4n) is 3.34. The Bertz CT molecular complexity index is 1070. The summed E-state index contributed by atoms with van der Waals surface area (Å²) < 4.78 is 45.5. The maximum atomic E-state index is 13.3. The van der Waals surface area contributed by atoms with Gasteiger partial charge in [0.15, 0.2) is 0 Å². The van der Waals surface area contributed by atoms with Crippen LogP contribution in [0.15, 0.2) is 53.0 Å². The zero-order valence-corrected chi connectivity index (χ0v) is 20.0. The fourth-order valence-corrected chi connectivity index (χ4v) is 3.70. The van der Waals surface area contributed by atoms with Gasteiger partial charge in [0.05, 0.1) is 11.1 Å². The average Bonchev–Trinajstić information content (AvgIpc) is 2.72. The van der Waals surface area contributed by atoms with E-state index in [4.69, 9.17) is 4.74 Å². The molecule has 9 heteroatoms. The number of benzene rings is 2. The van der Waals surface area contributed by atoms with Crippen LogP contribution in [0.25, 0.3) is 5.57 Å². The first-order chi connectivity index (χ1) is 15.3. The molecule has 0 saturated carbocycles. The predicted molar refractivity (Wildman–Crippen MR) is 124 cm³/mol. The van der Waals surface area contributed by atoms with Crippen molar-refractivity contribution in [2.24, 2.45) is 0 Å². The second-order valence-electron chi connectivity index (χ2n) is 8.62. The topological polar surface area (TPSA) is 58.6 Å². The number of hydrogen-bond donors (Lipinski definition) is 1. The fraction of sp³-hybridized carbons (Fsp3) is 0.333. The molecular weight excluding hydrogens is 501 g/mol. The van der Waals surface area contributed by atoms with E-state index >= 15 is 0 Å². The molecule has 0 saturated heterocycles. The maximum absolute atomic E-state index is 13.3. The molecule has 0 fully saturated rings. The normalized spacial score (nSPS) is 14.5. The van der Waals surface area contributed by atoms with E-state index in [1.54, 1.807) is 29.2 Å². The van der Waals surface area contributed by atoms with E-state index in [1.807, 2.05) is 26.8 Å². The molecule has 0 atom stereocenters. The molecule has 1 heterocycles. The van der Waals surface area contributed by atoms with E-state index in [-0.39, 0.29) is 10.6 Å². The Kier molecular flexibility index (Phi) is 7.21. The van der Waals surface area contributed by atoms with E-state index in [1.165, 1.54) is 6.07 Å². The summed E-state index contributed by atoms with van der Waals surface area (Å²) >= 11 is 3.01. The highest BCUT2D eigenvalue weighted by Crippen LogP contribution is 2.34. The van der Waals surface area contributed by atoms with Crippen LogP contribution < -0.4 is 5.32 Å². The molecule has 0 radical (unpaired) electrons. The Morgan fingerprint density at radius 1 is 1.06 bits per heavy atom. The van der Waals surface area contributed by atoms with Gasteiger partial charge in [0, 0.05) is 23.2 Å². The van der Waals surface area contributed by atoms with Gasteiger partial charge < -0.3 is 15.0 Å². The molecule has 0 aromatic heterocycles. The lowest BCUT2D eigenvalue weighted by Gasteiger charge is -2.29. The van der Waals surface area contributed by atoms with Crippen molar-refractivity contribution in [3.63, 3.8) is 0 Å². The number of hydrogen-bond acceptors (Lipinski definition) is 3. The largest absolute Gasteiger partial charge is 0.444 e. The van der Waals surface area contributed by atoms with Gasteiger partial charge in [-0.05, 0) is 68.7 Å². The monoisotopic (exact) mass is 524 g/mol. The van der Waals surface area contributed by atoms with E-state index < -0.39 is 28.8 Å². The molecule has 176 valence electrons. The Morgan fingerprint density at radius 2 is 1.73 bits per heavy atom. The van der Waals surface area contributed by atoms with Gasteiger partial charge in [-0.2, -0.15) is 13.2 Å². The molecule has 3 rings (SSSR count). The predicted octanol–water partition coefficient (Wildman–Crippen LogP) is 6.74. The van der Waals surface area contributed by atoms with Crippen molar-refractivity contribution < 1.29 is 27.5 Å². The SMILES string of the molecule is CC(C)(C)OC(=O)N1CC=C(c2ccc(NC(=O)c3ccc(Br)cc3C(F)(F)F)cc2)CC1. The lowest BCUT2D eigenvalue weighted by molar-refractivity contribution is -0.137. The first-order valence-corrected chi connectivity index (χ1v) is 11.1. The third-order valence-electron chi connectivity index (χ3n) is 4.91. The summed E-state index contributed by atoms with van der Waals surface area (Å²) in [6, 6.07) is 10.3. The van der Waals surface area contributed by atoms with Crippen LogP contribution in [0.3, 0.4) is 0 Å². The number of anilines is 1. The third-order valence-corrected chi connectivity index (χ3v) is 5.40. The van der Waals surface area contributed by atoms with Crippen molar-refractivity contribution in [3.05, 3.63) is 69.7 Å². The Labute approximate surface area is 198 Å². The molecule has 0 bridgehead atoms. The van der Waals surface area contributed by atoms with Crippen LogP contribution in [0.1, 0.15) is 48.7 Å². The zero-order chi connectivity index (χ0) is 24.4. The van der Waals surface area contributed by atoms with Crippen LogP contribution in [0, 0.1) is 0 Å². The van der Waals surface area contributed by atoms with Gasteiger partial charge in [-0.1, -0.05) is 34.1 Å². The van der Waals surface area contributed by atoms with Crippen molar-refractivity contribution in [2.75, 3.05) is 18.4 Å².